The molecule has 12 heavy (non-hydrogen) atoms. The number of esters is 1. The van der Waals surface area contributed by atoms with Crippen LogP contribution in [0.4, 0.5) is 0 Å². The van der Waals surface area contributed by atoms with Crippen LogP contribution in [0.2, 0.25) is 0 Å². The molecule has 3 heteroatoms. The molecule has 3 nitrogen and oxygen atoms in total. The second-order valence-electron chi connectivity index (χ2n) is 4.06. The van der Waals surface area contributed by atoms with Crippen LogP contribution in [0, 0.1) is 29.6 Å². The highest BCUT2D eigenvalue weighted by molar-refractivity contribution is 5.98. The van der Waals surface area contributed by atoms with Crippen LogP contribution >= 0.6 is 0 Å². The molecule has 0 radical (unpaired) electrons. The number of carbonyl (C=O) groups is 2. The van der Waals surface area contributed by atoms with Crippen LogP contribution < -0.4 is 0 Å². The molecule has 0 spiro atoms. The molecule has 4 rings (SSSR count). The number of hydrogen-bond acceptors (Lipinski definition) is 3. The minimum Gasteiger partial charge on any atom is -0.469 e. The SMILES string of the molecule is COC(=O)[C@@H]1C2CC3C(C2=O)[C@H]31. The molecule has 0 saturated heterocycles. The summed E-state index contributed by atoms with van der Waals surface area (Å²) in [7, 11) is 1.40. The molecule has 4 fully saturated rings. The van der Waals surface area contributed by atoms with Gasteiger partial charge < -0.3 is 4.74 Å². The van der Waals surface area contributed by atoms with Gasteiger partial charge in [-0.25, -0.2) is 0 Å². The quantitative estimate of drug-likeness (QED) is 0.524. The number of rotatable bonds is 1. The maximum absolute atomic E-state index is 11.4. The van der Waals surface area contributed by atoms with E-state index in [1.54, 1.807) is 0 Å². The van der Waals surface area contributed by atoms with Crippen molar-refractivity contribution in [2.75, 3.05) is 7.11 Å². The van der Waals surface area contributed by atoms with Crippen molar-refractivity contribution >= 4 is 11.8 Å². The Bertz CT molecular complexity index is 283. The standard InChI is InChI=1S/C9H10O3/c1-12-9(11)7-4-2-3-5(7)6(3)8(4)10/h3-7H,2H2,1H3/t3?,4?,5-,6?,7+/m0/s1. The summed E-state index contributed by atoms with van der Waals surface area (Å²) in [5.41, 5.74) is 0. The fourth-order valence-electron chi connectivity index (χ4n) is 3.30. The average molecular weight is 166 g/mol. The maximum Gasteiger partial charge on any atom is 0.309 e. The van der Waals surface area contributed by atoms with E-state index in [0.29, 0.717) is 17.6 Å². The minimum absolute atomic E-state index is 0.0254. The first-order valence-corrected chi connectivity index (χ1v) is 4.37. The van der Waals surface area contributed by atoms with E-state index in [1.807, 2.05) is 0 Å². The molecule has 4 saturated carbocycles. The van der Waals surface area contributed by atoms with Gasteiger partial charge in [0.1, 0.15) is 5.78 Å². The summed E-state index contributed by atoms with van der Waals surface area (Å²) in [5, 5.41) is 0. The van der Waals surface area contributed by atoms with E-state index < -0.39 is 0 Å². The fourth-order valence-corrected chi connectivity index (χ4v) is 3.30. The Morgan fingerprint density at radius 3 is 2.67 bits per heavy atom. The third-order valence-electron chi connectivity index (χ3n) is 3.77. The Hall–Kier alpha value is -0.860. The lowest BCUT2D eigenvalue weighted by Gasteiger charge is -2.09. The van der Waals surface area contributed by atoms with Gasteiger partial charge in [-0.05, 0) is 18.3 Å². The zero-order valence-electron chi connectivity index (χ0n) is 6.82. The normalized spacial score (nSPS) is 52.8. The van der Waals surface area contributed by atoms with Gasteiger partial charge in [-0.1, -0.05) is 0 Å². The van der Waals surface area contributed by atoms with Gasteiger partial charge >= 0.3 is 5.97 Å². The molecular weight excluding hydrogens is 156 g/mol. The van der Waals surface area contributed by atoms with Crippen molar-refractivity contribution in [3.8, 4) is 0 Å². The molecule has 0 amide bonds. The highest BCUT2D eigenvalue weighted by atomic mass is 16.5. The second kappa shape index (κ2) is 1.73. The highest BCUT2D eigenvalue weighted by Crippen LogP contribution is 2.71. The van der Waals surface area contributed by atoms with Crippen LogP contribution in [0.3, 0.4) is 0 Å². The van der Waals surface area contributed by atoms with Gasteiger partial charge in [0.2, 0.25) is 0 Å². The van der Waals surface area contributed by atoms with E-state index in [9.17, 15) is 9.59 Å². The predicted octanol–water partition coefficient (Wildman–Crippen LogP) is 0.240. The van der Waals surface area contributed by atoms with Gasteiger partial charge in [0.15, 0.2) is 0 Å². The summed E-state index contributed by atoms with van der Waals surface area (Å²) >= 11 is 0. The molecule has 0 aromatic rings. The molecular formula is C9H10O3. The Labute approximate surface area is 70.1 Å². The third kappa shape index (κ3) is 0.490. The number of Topliss-reactive ketones (excluding diaryl/α,β-unsaturated/α-hetero) is 1. The first kappa shape index (κ1) is 6.63. The van der Waals surface area contributed by atoms with Crippen LogP contribution in [0.25, 0.3) is 0 Å². The van der Waals surface area contributed by atoms with E-state index >= 15 is 0 Å². The van der Waals surface area contributed by atoms with Crippen LogP contribution in [-0.4, -0.2) is 18.9 Å². The van der Waals surface area contributed by atoms with Crippen molar-refractivity contribution in [2.24, 2.45) is 29.6 Å². The first-order valence-electron chi connectivity index (χ1n) is 4.37. The second-order valence-corrected chi connectivity index (χ2v) is 4.06. The molecule has 3 unspecified atom stereocenters. The van der Waals surface area contributed by atoms with E-state index in [0.717, 1.165) is 6.42 Å². The first-order chi connectivity index (χ1) is 5.75. The van der Waals surface area contributed by atoms with Crippen molar-refractivity contribution < 1.29 is 14.3 Å². The summed E-state index contributed by atoms with van der Waals surface area (Å²) in [6.45, 7) is 0. The number of hydrogen-bond donors (Lipinski definition) is 0. The van der Waals surface area contributed by atoms with Crippen molar-refractivity contribution in [3.05, 3.63) is 0 Å². The van der Waals surface area contributed by atoms with E-state index in [1.165, 1.54) is 7.11 Å². The minimum atomic E-state index is -0.166. The topological polar surface area (TPSA) is 43.4 Å². The molecule has 4 aliphatic rings. The van der Waals surface area contributed by atoms with Gasteiger partial charge in [-0.15, -0.1) is 0 Å². The van der Waals surface area contributed by atoms with Gasteiger partial charge in [-0.3, -0.25) is 9.59 Å². The van der Waals surface area contributed by atoms with Crippen molar-refractivity contribution in [1.29, 1.82) is 0 Å². The lowest BCUT2D eigenvalue weighted by molar-refractivity contribution is -0.147. The van der Waals surface area contributed by atoms with Gasteiger partial charge in [0.05, 0.1) is 13.0 Å². The van der Waals surface area contributed by atoms with Gasteiger partial charge in [-0.2, -0.15) is 0 Å². The monoisotopic (exact) mass is 166 g/mol. The lowest BCUT2D eigenvalue weighted by Crippen LogP contribution is -2.21. The molecule has 0 N–H and O–H groups in total. The molecule has 0 aliphatic heterocycles. The zero-order valence-corrected chi connectivity index (χ0v) is 6.82. The largest absolute Gasteiger partial charge is 0.469 e. The Balaban J connectivity index is 1.93. The number of ether oxygens (including phenoxy) is 1. The number of methoxy groups -OCH3 is 1. The Morgan fingerprint density at radius 2 is 2.33 bits per heavy atom. The molecule has 4 bridgehead atoms. The molecule has 5 atom stereocenters. The molecule has 4 aliphatic carbocycles. The summed E-state index contributed by atoms with van der Waals surface area (Å²) in [4.78, 5) is 22.7. The summed E-state index contributed by atoms with van der Waals surface area (Å²) in [5.74, 6) is 1.29. The highest BCUT2D eigenvalue weighted by Gasteiger charge is 2.75. The van der Waals surface area contributed by atoms with E-state index in [2.05, 4.69) is 4.74 Å². The molecule has 64 valence electrons. The van der Waals surface area contributed by atoms with Crippen LogP contribution in [-0.2, 0) is 14.3 Å². The van der Waals surface area contributed by atoms with E-state index in [-0.39, 0.29) is 23.7 Å². The average Bonchev–Trinajstić information content (AvgIpc) is 2.42. The Morgan fingerprint density at radius 1 is 1.58 bits per heavy atom. The molecule has 0 aromatic heterocycles. The van der Waals surface area contributed by atoms with Crippen molar-refractivity contribution in [3.63, 3.8) is 0 Å². The number of ketones is 1. The van der Waals surface area contributed by atoms with Crippen molar-refractivity contribution in [1.82, 2.24) is 0 Å². The fraction of sp³-hybridized carbons (Fsp3) is 0.778. The van der Waals surface area contributed by atoms with E-state index in [4.69, 9.17) is 0 Å². The van der Waals surface area contributed by atoms with Crippen LogP contribution in [0.5, 0.6) is 0 Å². The van der Waals surface area contributed by atoms with Crippen molar-refractivity contribution in [2.45, 2.75) is 6.42 Å². The third-order valence-corrected chi connectivity index (χ3v) is 3.77. The van der Waals surface area contributed by atoms with Crippen LogP contribution in [0.15, 0.2) is 0 Å². The summed E-state index contributed by atoms with van der Waals surface area (Å²) in [6.07, 6.45) is 0.952. The summed E-state index contributed by atoms with van der Waals surface area (Å²) < 4.78 is 4.69. The zero-order chi connectivity index (χ0) is 8.46. The smallest absolute Gasteiger partial charge is 0.309 e. The predicted molar refractivity (Wildman–Crippen MR) is 39.1 cm³/mol. The number of carbonyl (C=O) groups excluding carboxylic acids is 2. The lowest BCUT2D eigenvalue weighted by atomic mass is 9.98. The van der Waals surface area contributed by atoms with Gasteiger partial charge in [0.25, 0.3) is 0 Å². The molecule has 0 heterocycles. The van der Waals surface area contributed by atoms with Crippen LogP contribution in [0.1, 0.15) is 6.42 Å². The Kier molecular flexibility index (Phi) is 0.955. The summed E-state index contributed by atoms with van der Waals surface area (Å²) in [6, 6.07) is 0. The van der Waals surface area contributed by atoms with Gasteiger partial charge in [0, 0.05) is 11.8 Å². The molecule has 0 aromatic carbocycles. The maximum atomic E-state index is 11.4.